The maximum Gasteiger partial charge on any atom is 0.410 e. The molecule has 0 spiro atoms. The highest BCUT2D eigenvalue weighted by Gasteiger charge is 2.16. The molecule has 4 nitrogen and oxygen atoms in total. The molecule has 1 N–H and O–H groups in total. The molecule has 0 unspecified atom stereocenters. The number of aliphatic hydroxyl groups excluding tert-OH is 1. The second kappa shape index (κ2) is 8.96. The van der Waals surface area contributed by atoms with Gasteiger partial charge in [-0.3, -0.25) is 0 Å². The highest BCUT2D eigenvalue weighted by molar-refractivity contribution is 5.67. The van der Waals surface area contributed by atoms with Crippen LogP contribution in [0.1, 0.15) is 23.1 Å². The van der Waals surface area contributed by atoms with E-state index in [1.807, 2.05) is 61.5 Å². The van der Waals surface area contributed by atoms with Crippen molar-refractivity contribution in [1.29, 1.82) is 0 Å². The van der Waals surface area contributed by atoms with Gasteiger partial charge in [-0.1, -0.05) is 54.6 Å². The van der Waals surface area contributed by atoms with Gasteiger partial charge >= 0.3 is 6.09 Å². The Morgan fingerprint density at radius 1 is 1.09 bits per heavy atom. The summed E-state index contributed by atoms with van der Waals surface area (Å²) in [5, 5.41) is 9.05. The van der Waals surface area contributed by atoms with E-state index in [1.165, 1.54) is 0 Å². The third-order valence-corrected chi connectivity index (χ3v) is 3.67. The predicted molar refractivity (Wildman–Crippen MR) is 89.9 cm³/mol. The molecule has 2 rings (SSSR count). The fraction of sp³-hybridized carbons (Fsp3) is 0.316. The highest BCUT2D eigenvalue weighted by atomic mass is 16.6. The van der Waals surface area contributed by atoms with Gasteiger partial charge in [0, 0.05) is 19.7 Å². The Labute approximate surface area is 137 Å². The van der Waals surface area contributed by atoms with Crippen LogP contribution in [0.4, 0.5) is 4.79 Å². The van der Waals surface area contributed by atoms with Crippen molar-refractivity contribution in [2.24, 2.45) is 0 Å². The van der Waals surface area contributed by atoms with E-state index in [9.17, 15) is 4.79 Å². The van der Waals surface area contributed by atoms with Gasteiger partial charge in [-0.05, 0) is 30.0 Å². The number of hydrogen-bond donors (Lipinski definition) is 1. The first-order valence-electron chi connectivity index (χ1n) is 7.81. The van der Waals surface area contributed by atoms with Gasteiger partial charge in [-0.2, -0.15) is 0 Å². The molecule has 2 aromatic carbocycles. The molecule has 0 radical (unpaired) electrons. The molecular formula is C19H23NO3. The summed E-state index contributed by atoms with van der Waals surface area (Å²) in [4.78, 5) is 14.0. The fourth-order valence-corrected chi connectivity index (χ4v) is 2.30. The fourth-order valence-electron chi connectivity index (χ4n) is 2.30. The number of aliphatic hydroxyl groups is 1. The lowest BCUT2D eigenvalue weighted by Gasteiger charge is -2.23. The van der Waals surface area contributed by atoms with Crippen molar-refractivity contribution in [2.75, 3.05) is 13.2 Å². The summed E-state index contributed by atoms with van der Waals surface area (Å²) in [5.74, 6) is 0. The van der Waals surface area contributed by atoms with Gasteiger partial charge in [0.2, 0.25) is 0 Å². The topological polar surface area (TPSA) is 49.8 Å². The number of carbonyl (C=O) groups is 1. The number of nitrogens with zero attached hydrogens (tertiary/aromatic N) is 1. The van der Waals surface area contributed by atoms with Crippen molar-refractivity contribution in [3.63, 3.8) is 0 Å². The normalized spacial score (nSPS) is 10.3. The number of amides is 1. The van der Waals surface area contributed by atoms with Crippen LogP contribution >= 0.6 is 0 Å². The number of benzene rings is 2. The van der Waals surface area contributed by atoms with Gasteiger partial charge in [-0.25, -0.2) is 4.79 Å². The molecule has 0 fully saturated rings. The van der Waals surface area contributed by atoms with Crippen LogP contribution in [0.5, 0.6) is 0 Å². The second-order valence-electron chi connectivity index (χ2n) is 5.47. The summed E-state index contributed by atoms with van der Waals surface area (Å²) in [6.07, 6.45) is 0.178. The molecule has 0 heterocycles. The van der Waals surface area contributed by atoms with Crippen molar-refractivity contribution in [1.82, 2.24) is 4.90 Å². The summed E-state index contributed by atoms with van der Waals surface area (Å²) < 4.78 is 5.40. The Hall–Kier alpha value is -2.33. The summed E-state index contributed by atoms with van der Waals surface area (Å²) in [6.45, 7) is 3.28. The first kappa shape index (κ1) is 17.0. The van der Waals surface area contributed by atoms with E-state index >= 15 is 0 Å². The van der Waals surface area contributed by atoms with Crippen molar-refractivity contribution >= 4 is 6.09 Å². The van der Waals surface area contributed by atoms with E-state index in [1.54, 1.807) is 4.90 Å². The summed E-state index contributed by atoms with van der Waals surface area (Å²) >= 11 is 0. The molecule has 0 aromatic heterocycles. The molecule has 0 aliphatic carbocycles. The Morgan fingerprint density at radius 2 is 1.78 bits per heavy atom. The lowest BCUT2D eigenvalue weighted by molar-refractivity contribution is 0.0909. The van der Waals surface area contributed by atoms with Crippen molar-refractivity contribution < 1.29 is 14.6 Å². The van der Waals surface area contributed by atoms with Crippen LogP contribution in [0.3, 0.4) is 0 Å². The third-order valence-electron chi connectivity index (χ3n) is 3.67. The zero-order valence-electron chi connectivity index (χ0n) is 13.4. The Bertz CT molecular complexity index is 613. The quantitative estimate of drug-likeness (QED) is 0.851. The van der Waals surface area contributed by atoms with Crippen LogP contribution in [0.15, 0.2) is 54.6 Å². The number of ether oxygens (including phenoxy) is 1. The maximum atomic E-state index is 12.4. The summed E-state index contributed by atoms with van der Waals surface area (Å²) in [6, 6.07) is 17.6. The molecule has 0 saturated heterocycles. The average molecular weight is 313 g/mol. The SMILES string of the molecule is Cc1ccccc1CN(CCCO)C(=O)OCc1ccccc1. The first-order chi connectivity index (χ1) is 11.2. The largest absolute Gasteiger partial charge is 0.445 e. The van der Waals surface area contributed by atoms with E-state index < -0.39 is 0 Å². The van der Waals surface area contributed by atoms with Gasteiger partial charge in [0.25, 0.3) is 0 Å². The van der Waals surface area contributed by atoms with Gasteiger partial charge in [0.15, 0.2) is 0 Å². The standard InChI is InChI=1S/C19H23NO3/c1-16-8-5-6-11-18(16)14-20(12-7-13-21)19(22)23-15-17-9-3-2-4-10-17/h2-6,8-11,21H,7,12-15H2,1H3. The minimum Gasteiger partial charge on any atom is -0.445 e. The number of rotatable bonds is 7. The second-order valence-corrected chi connectivity index (χ2v) is 5.47. The van der Waals surface area contributed by atoms with Gasteiger partial charge in [-0.15, -0.1) is 0 Å². The number of carbonyl (C=O) groups excluding carboxylic acids is 1. The summed E-state index contributed by atoms with van der Waals surface area (Å²) in [5.41, 5.74) is 3.18. The number of aryl methyl sites for hydroxylation is 1. The molecule has 0 aliphatic heterocycles. The van der Waals surface area contributed by atoms with Gasteiger partial charge in [0.1, 0.15) is 6.61 Å². The van der Waals surface area contributed by atoms with Crippen molar-refractivity contribution in [3.05, 3.63) is 71.3 Å². The lowest BCUT2D eigenvalue weighted by Crippen LogP contribution is -2.32. The molecule has 4 heteroatoms. The Morgan fingerprint density at radius 3 is 2.48 bits per heavy atom. The van der Waals surface area contributed by atoms with Crippen molar-refractivity contribution in [2.45, 2.75) is 26.5 Å². The molecule has 0 saturated carbocycles. The molecule has 0 aliphatic rings. The molecular weight excluding hydrogens is 290 g/mol. The highest BCUT2D eigenvalue weighted by Crippen LogP contribution is 2.12. The van der Waals surface area contributed by atoms with Crippen LogP contribution in [0, 0.1) is 6.92 Å². The van der Waals surface area contributed by atoms with Gasteiger partial charge in [0.05, 0.1) is 0 Å². The van der Waals surface area contributed by atoms with Crippen LogP contribution in [0.25, 0.3) is 0 Å². The molecule has 1 amide bonds. The smallest absolute Gasteiger partial charge is 0.410 e. The van der Waals surface area contributed by atoms with E-state index in [2.05, 4.69) is 0 Å². The number of hydrogen-bond acceptors (Lipinski definition) is 3. The first-order valence-corrected chi connectivity index (χ1v) is 7.81. The molecule has 2 aromatic rings. The Balaban J connectivity index is 1.99. The van der Waals surface area contributed by atoms with E-state index in [0.29, 0.717) is 19.5 Å². The molecule has 122 valence electrons. The van der Waals surface area contributed by atoms with Crippen LogP contribution in [-0.4, -0.2) is 29.3 Å². The minimum absolute atomic E-state index is 0.0518. The van der Waals surface area contributed by atoms with E-state index in [0.717, 1.165) is 16.7 Å². The zero-order chi connectivity index (χ0) is 16.5. The third kappa shape index (κ3) is 5.42. The zero-order valence-corrected chi connectivity index (χ0v) is 13.4. The maximum absolute atomic E-state index is 12.4. The van der Waals surface area contributed by atoms with E-state index in [4.69, 9.17) is 9.84 Å². The average Bonchev–Trinajstić information content (AvgIpc) is 2.59. The summed E-state index contributed by atoms with van der Waals surface area (Å²) in [7, 11) is 0. The van der Waals surface area contributed by atoms with Crippen LogP contribution in [-0.2, 0) is 17.9 Å². The van der Waals surface area contributed by atoms with Crippen molar-refractivity contribution in [3.8, 4) is 0 Å². The minimum atomic E-state index is -0.356. The predicted octanol–water partition coefficient (Wildman–Crippen LogP) is 3.52. The molecule has 23 heavy (non-hydrogen) atoms. The van der Waals surface area contributed by atoms with Crippen LogP contribution in [0.2, 0.25) is 0 Å². The van der Waals surface area contributed by atoms with Crippen LogP contribution < -0.4 is 0 Å². The monoisotopic (exact) mass is 313 g/mol. The Kier molecular flexibility index (Phi) is 6.63. The molecule has 0 atom stereocenters. The molecule has 0 bridgehead atoms. The lowest BCUT2D eigenvalue weighted by atomic mass is 10.1. The van der Waals surface area contributed by atoms with Gasteiger partial charge < -0.3 is 14.7 Å². The van der Waals surface area contributed by atoms with E-state index in [-0.39, 0.29) is 19.3 Å².